The number of carbonyl (C=O) groups excluding carboxylic acids is 1. The second-order valence-electron chi connectivity index (χ2n) is 11.2. The van der Waals surface area contributed by atoms with Crippen LogP contribution in [-0.4, -0.2) is 62.8 Å². The van der Waals surface area contributed by atoms with E-state index < -0.39 is 0 Å². The number of methoxy groups -OCH3 is 1. The van der Waals surface area contributed by atoms with Gasteiger partial charge in [-0.2, -0.15) is 4.68 Å². The smallest absolute Gasteiger partial charge is 0.224 e. The minimum absolute atomic E-state index is 0.0699. The van der Waals surface area contributed by atoms with Gasteiger partial charge in [0.2, 0.25) is 5.91 Å². The van der Waals surface area contributed by atoms with Gasteiger partial charge in [0.1, 0.15) is 6.33 Å². The van der Waals surface area contributed by atoms with Crippen molar-refractivity contribution in [1.82, 2.24) is 30.1 Å². The molecule has 9 heteroatoms. The van der Waals surface area contributed by atoms with Gasteiger partial charge in [0.25, 0.3) is 0 Å². The molecule has 0 saturated carbocycles. The van der Waals surface area contributed by atoms with Gasteiger partial charge in [-0.1, -0.05) is 72.3 Å². The molecule has 1 aliphatic rings. The molecule has 0 N–H and O–H groups in total. The number of hydrogen-bond acceptors (Lipinski definition) is 6. The molecule has 3 aromatic carbocycles. The van der Waals surface area contributed by atoms with Gasteiger partial charge < -0.3 is 9.64 Å². The zero-order valence-corrected chi connectivity index (χ0v) is 25.5. The zero-order valence-electron chi connectivity index (χ0n) is 24.7. The Morgan fingerprint density at radius 2 is 1.84 bits per heavy atom. The van der Waals surface area contributed by atoms with Gasteiger partial charge in [-0.05, 0) is 76.6 Å². The summed E-state index contributed by atoms with van der Waals surface area (Å²) in [7, 11) is 1.63. The summed E-state index contributed by atoms with van der Waals surface area (Å²) in [6.07, 6.45) is 6.67. The number of hydrogen-bond donors (Lipinski definition) is 0. The largest absolute Gasteiger partial charge is 0.384 e. The fourth-order valence-electron chi connectivity index (χ4n) is 6.06. The van der Waals surface area contributed by atoms with E-state index in [4.69, 9.17) is 21.3 Å². The zero-order chi connectivity index (χ0) is 30.3. The van der Waals surface area contributed by atoms with Crippen molar-refractivity contribution < 1.29 is 9.53 Å². The van der Waals surface area contributed by atoms with Crippen molar-refractivity contribution in [3.8, 4) is 16.8 Å². The SMILES string of the molecule is COCCC(=O)N1CCC(c2cccc([C@H](Cc3ccccc3)c3ccc(-c4cc(Cl)ccc4-n4cnnn4)cn3)c2)CC1. The van der Waals surface area contributed by atoms with E-state index in [0.717, 1.165) is 54.9 Å². The Hall–Kier alpha value is -4.40. The highest BCUT2D eigenvalue weighted by Gasteiger charge is 2.25. The van der Waals surface area contributed by atoms with Crippen molar-refractivity contribution in [2.24, 2.45) is 0 Å². The number of carbonyl (C=O) groups is 1. The Morgan fingerprint density at radius 1 is 1.00 bits per heavy atom. The molecule has 1 saturated heterocycles. The third-order valence-corrected chi connectivity index (χ3v) is 8.68. The van der Waals surface area contributed by atoms with E-state index >= 15 is 0 Å². The fraction of sp³-hybridized carbons (Fsp3) is 0.286. The van der Waals surface area contributed by atoms with Gasteiger partial charge in [-0.3, -0.25) is 9.78 Å². The van der Waals surface area contributed by atoms with Gasteiger partial charge >= 0.3 is 0 Å². The maximum absolute atomic E-state index is 12.5. The quantitative estimate of drug-likeness (QED) is 0.180. The van der Waals surface area contributed by atoms with Gasteiger partial charge in [0.15, 0.2) is 0 Å². The van der Waals surface area contributed by atoms with Crippen LogP contribution in [0.25, 0.3) is 16.8 Å². The normalized spacial score (nSPS) is 14.5. The lowest BCUT2D eigenvalue weighted by Crippen LogP contribution is -2.38. The monoisotopic (exact) mass is 606 g/mol. The summed E-state index contributed by atoms with van der Waals surface area (Å²) in [6.45, 7) is 2.03. The highest BCUT2D eigenvalue weighted by Crippen LogP contribution is 2.35. The molecule has 224 valence electrons. The number of benzene rings is 3. The molecule has 6 rings (SSSR count). The predicted octanol–water partition coefficient (Wildman–Crippen LogP) is 6.49. The molecule has 1 amide bonds. The number of amides is 1. The molecule has 1 atom stereocenters. The molecule has 44 heavy (non-hydrogen) atoms. The molecule has 5 aromatic rings. The molecular formula is C35H35ClN6O2. The van der Waals surface area contributed by atoms with Crippen molar-refractivity contribution in [2.45, 2.75) is 37.5 Å². The van der Waals surface area contributed by atoms with Crippen LogP contribution >= 0.6 is 11.6 Å². The van der Waals surface area contributed by atoms with E-state index in [1.807, 2.05) is 35.4 Å². The fourth-order valence-corrected chi connectivity index (χ4v) is 6.24. The van der Waals surface area contributed by atoms with Crippen LogP contribution in [-0.2, 0) is 16.0 Å². The third-order valence-electron chi connectivity index (χ3n) is 8.44. The van der Waals surface area contributed by atoms with Crippen LogP contribution in [0.2, 0.25) is 5.02 Å². The van der Waals surface area contributed by atoms with E-state index in [1.54, 1.807) is 18.1 Å². The average Bonchev–Trinajstić information content (AvgIpc) is 3.62. The summed E-state index contributed by atoms with van der Waals surface area (Å²) in [6, 6.07) is 29.4. The number of nitrogens with zero attached hydrogens (tertiary/aromatic N) is 6. The standard InChI is InChI=1S/C35H35ClN6O2/c1-44-19-16-35(43)41-17-14-26(15-18-41)27-8-5-9-28(21-27)31(20-25-6-3-2-4-7-25)33-12-10-29(23-37-33)32-22-30(36)11-13-34(32)42-24-38-39-40-42/h2-13,21-24,26,31H,14-20H2,1H3/t31-/m0/s1. The Labute approximate surface area is 262 Å². The number of pyridine rings is 1. The first kappa shape index (κ1) is 29.7. The van der Waals surface area contributed by atoms with E-state index in [-0.39, 0.29) is 11.8 Å². The topological polar surface area (TPSA) is 86.0 Å². The number of tetrazole rings is 1. The van der Waals surface area contributed by atoms with Gasteiger partial charge in [0, 0.05) is 54.2 Å². The van der Waals surface area contributed by atoms with E-state index in [9.17, 15) is 4.79 Å². The molecule has 1 fully saturated rings. The number of ether oxygens (including phenoxy) is 1. The van der Waals surface area contributed by atoms with Crippen LogP contribution in [0.15, 0.2) is 97.5 Å². The molecule has 0 bridgehead atoms. The number of halogens is 1. The van der Waals surface area contributed by atoms with Crippen LogP contribution in [0, 0.1) is 0 Å². The molecule has 1 aliphatic heterocycles. The van der Waals surface area contributed by atoms with E-state index in [0.29, 0.717) is 24.0 Å². The van der Waals surface area contributed by atoms with Crippen LogP contribution in [0.4, 0.5) is 0 Å². The minimum Gasteiger partial charge on any atom is -0.384 e. The summed E-state index contributed by atoms with van der Waals surface area (Å²) < 4.78 is 6.72. The first-order chi connectivity index (χ1) is 21.6. The average molecular weight is 607 g/mol. The Balaban J connectivity index is 1.27. The maximum atomic E-state index is 12.5. The number of piperidine rings is 1. The second-order valence-corrected chi connectivity index (χ2v) is 11.6. The lowest BCUT2D eigenvalue weighted by Gasteiger charge is -2.32. The number of aromatic nitrogens is 5. The summed E-state index contributed by atoms with van der Waals surface area (Å²) in [5.41, 5.74) is 7.48. The molecule has 8 nitrogen and oxygen atoms in total. The molecule has 0 spiro atoms. The lowest BCUT2D eigenvalue weighted by molar-refractivity contribution is -0.133. The number of likely N-dealkylation sites (tertiary alicyclic amines) is 1. The second kappa shape index (κ2) is 13.9. The van der Waals surface area contributed by atoms with Gasteiger partial charge in [-0.15, -0.1) is 5.10 Å². The van der Waals surface area contributed by atoms with Crippen molar-refractivity contribution in [3.05, 3.63) is 125 Å². The first-order valence-electron chi connectivity index (χ1n) is 15.0. The summed E-state index contributed by atoms with van der Waals surface area (Å²) in [5.74, 6) is 0.668. The van der Waals surface area contributed by atoms with Gasteiger partial charge in [0.05, 0.1) is 18.7 Å². The van der Waals surface area contributed by atoms with Crippen molar-refractivity contribution in [1.29, 1.82) is 0 Å². The van der Waals surface area contributed by atoms with Crippen LogP contribution in [0.3, 0.4) is 0 Å². The minimum atomic E-state index is 0.0699. The molecular weight excluding hydrogens is 572 g/mol. The summed E-state index contributed by atoms with van der Waals surface area (Å²) in [4.78, 5) is 19.5. The molecule has 2 aromatic heterocycles. The van der Waals surface area contributed by atoms with Crippen LogP contribution < -0.4 is 0 Å². The highest BCUT2D eigenvalue weighted by molar-refractivity contribution is 6.31. The molecule has 0 unspecified atom stereocenters. The van der Waals surface area contributed by atoms with Crippen molar-refractivity contribution in [2.75, 3.05) is 26.8 Å². The highest BCUT2D eigenvalue weighted by atomic mass is 35.5. The third kappa shape index (κ3) is 6.87. The van der Waals surface area contributed by atoms with Crippen molar-refractivity contribution >= 4 is 17.5 Å². The number of rotatable bonds is 10. The summed E-state index contributed by atoms with van der Waals surface area (Å²) >= 11 is 6.40. The Kier molecular flexibility index (Phi) is 9.39. The Morgan fingerprint density at radius 3 is 2.57 bits per heavy atom. The lowest BCUT2D eigenvalue weighted by atomic mass is 9.84. The first-order valence-corrected chi connectivity index (χ1v) is 15.4. The van der Waals surface area contributed by atoms with Crippen LogP contribution in [0.1, 0.15) is 53.5 Å². The van der Waals surface area contributed by atoms with E-state index in [2.05, 4.69) is 76.2 Å². The molecule has 0 aliphatic carbocycles. The maximum Gasteiger partial charge on any atom is 0.224 e. The Bertz CT molecular complexity index is 1670. The summed E-state index contributed by atoms with van der Waals surface area (Å²) in [5, 5.41) is 12.3. The predicted molar refractivity (Wildman–Crippen MR) is 171 cm³/mol. The molecule has 3 heterocycles. The van der Waals surface area contributed by atoms with Gasteiger partial charge in [-0.25, -0.2) is 0 Å². The molecule has 0 radical (unpaired) electrons. The van der Waals surface area contributed by atoms with E-state index in [1.165, 1.54) is 16.7 Å². The van der Waals surface area contributed by atoms with Crippen LogP contribution in [0.5, 0.6) is 0 Å². The van der Waals surface area contributed by atoms with Crippen molar-refractivity contribution in [3.63, 3.8) is 0 Å².